The Morgan fingerprint density at radius 3 is 2.43 bits per heavy atom. The van der Waals surface area contributed by atoms with Crippen molar-refractivity contribution in [2.24, 2.45) is 0 Å². The maximum absolute atomic E-state index is 12.1. The van der Waals surface area contributed by atoms with E-state index in [-0.39, 0.29) is 4.90 Å². The molecule has 0 saturated heterocycles. The zero-order valence-electron chi connectivity index (χ0n) is 16.8. The molecule has 0 atom stereocenters. The largest absolute Gasteiger partial charge is 0.493 e. The Morgan fingerprint density at radius 2 is 1.80 bits per heavy atom. The smallest absolute Gasteiger partial charge is 0.242 e. The van der Waals surface area contributed by atoms with Gasteiger partial charge >= 0.3 is 0 Å². The van der Waals surface area contributed by atoms with Crippen molar-refractivity contribution in [2.75, 3.05) is 26.5 Å². The summed E-state index contributed by atoms with van der Waals surface area (Å²) >= 11 is 1.61. The molecule has 1 fully saturated rings. The third-order valence-corrected chi connectivity index (χ3v) is 7.44. The Labute approximate surface area is 180 Å². The van der Waals surface area contributed by atoms with E-state index in [0.29, 0.717) is 24.2 Å². The number of rotatable bonds is 9. The number of ether oxygens (including phenoxy) is 1. The number of benzene rings is 1. The van der Waals surface area contributed by atoms with E-state index in [1.165, 1.54) is 18.4 Å². The second kappa shape index (κ2) is 8.75. The molecule has 0 N–H and O–H groups in total. The van der Waals surface area contributed by atoms with Crippen LogP contribution in [0.1, 0.15) is 18.9 Å². The highest BCUT2D eigenvalue weighted by molar-refractivity contribution is 7.99. The maximum Gasteiger partial charge on any atom is 0.242 e. The first kappa shape index (κ1) is 20.8. The van der Waals surface area contributed by atoms with E-state index in [2.05, 4.69) is 19.7 Å². The second-order valence-corrected chi connectivity index (χ2v) is 10.3. The van der Waals surface area contributed by atoms with Crippen molar-refractivity contribution >= 4 is 21.8 Å². The third-order valence-electron chi connectivity index (χ3n) is 4.70. The Morgan fingerprint density at radius 1 is 1.10 bits per heavy atom. The lowest BCUT2D eigenvalue weighted by molar-refractivity contribution is 0.343. The van der Waals surface area contributed by atoms with Crippen molar-refractivity contribution in [3.63, 3.8) is 0 Å². The molecule has 158 valence electrons. The number of aromatic nitrogens is 4. The standard InChI is InChI=1S/C20H23N5O3S2/c1-24(2)30(26,27)18-7-5-17(6-8-18)28-13-14-29-20-23-22-19(25(20)16-3-4-16)15-9-11-21-12-10-15/h5-12,16H,3-4,13-14H2,1-2H3. The first-order chi connectivity index (χ1) is 14.5. The molecule has 0 aliphatic heterocycles. The maximum atomic E-state index is 12.1. The van der Waals surface area contributed by atoms with Crippen LogP contribution in [0, 0.1) is 0 Å². The van der Waals surface area contributed by atoms with Gasteiger partial charge in [0.15, 0.2) is 11.0 Å². The highest BCUT2D eigenvalue weighted by Crippen LogP contribution is 2.40. The zero-order valence-corrected chi connectivity index (χ0v) is 18.4. The van der Waals surface area contributed by atoms with Gasteiger partial charge in [0, 0.05) is 43.8 Å². The lowest BCUT2D eigenvalue weighted by atomic mass is 10.2. The van der Waals surface area contributed by atoms with Gasteiger partial charge in [0.05, 0.1) is 11.5 Å². The Hall–Kier alpha value is -2.43. The monoisotopic (exact) mass is 445 g/mol. The van der Waals surface area contributed by atoms with E-state index in [1.807, 2.05) is 12.1 Å². The number of pyridine rings is 1. The summed E-state index contributed by atoms with van der Waals surface area (Å²) in [5, 5.41) is 9.67. The number of thioether (sulfide) groups is 1. The molecular formula is C20H23N5O3S2. The lowest BCUT2D eigenvalue weighted by Gasteiger charge is -2.12. The highest BCUT2D eigenvalue weighted by Gasteiger charge is 2.30. The van der Waals surface area contributed by atoms with Gasteiger partial charge in [0.2, 0.25) is 10.0 Å². The molecule has 0 radical (unpaired) electrons. The summed E-state index contributed by atoms with van der Waals surface area (Å²) in [6.45, 7) is 0.479. The molecule has 3 aromatic rings. The van der Waals surface area contributed by atoms with Crippen molar-refractivity contribution in [1.29, 1.82) is 0 Å². The van der Waals surface area contributed by atoms with Gasteiger partial charge in [0.25, 0.3) is 0 Å². The van der Waals surface area contributed by atoms with Gasteiger partial charge in [-0.25, -0.2) is 12.7 Å². The number of hydrogen-bond acceptors (Lipinski definition) is 7. The number of sulfonamides is 1. The first-order valence-corrected chi connectivity index (χ1v) is 12.0. The van der Waals surface area contributed by atoms with Gasteiger partial charge in [0.1, 0.15) is 5.75 Å². The lowest BCUT2D eigenvalue weighted by Crippen LogP contribution is -2.22. The molecule has 4 rings (SSSR count). The molecule has 30 heavy (non-hydrogen) atoms. The summed E-state index contributed by atoms with van der Waals surface area (Å²) in [4.78, 5) is 4.32. The van der Waals surface area contributed by atoms with E-state index in [1.54, 1.807) is 48.4 Å². The molecule has 1 aromatic carbocycles. The summed E-state index contributed by atoms with van der Waals surface area (Å²) in [5.74, 6) is 2.22. The average molecular weight is 446 g/mol. The molecule has 1 aliphatic carbocycles. The normalized spacial score (nSPS) is 14.2. The predicted octanol–water partition coefficient (Wildman–Crippen LogP) is 3.10. The van der Waals surface area contributed by atoms with Crippen LogP contribution in [0.4, 0.5) is 0 Å². The molecule has 8 nitrogen and oxygen atoms in total. The van der Waals surface area contributed by atoms with Gasteiger partial charge in [-0.2, -0.15) is 0 Å². The predicted molar refractivity (Wildman–Crippen MR) is 115 cm³/mol. The quantitative estimate of drug-likeness (QED) is 0.369. The zero-order chi connectivity index (χ0) is 21.1. The van der Waals surface area contributed by atoms with Gasteiger partial charge in [-0.05, 0) is 49.2 Å². The molecular weight excluding hydrogens is 422 g/mol. The summed E-state index contributed by atoms with van der Waals surface area (Å²) in [6.07, 6.45) is 5.80. The fraction of sp³-hybridized carbons (Fsp3) is 0.350. The molecule has 0 unspecified atom stereocenters. The van der Waals surface area contributed by atoms with Gasteiger partial charge in [-0.15, -0.1) is 10.2 Å². The van der Waals surface area contributed by atoms with Crippen LogP contribution in [0.15, 0.2) is 58.8 Å². The van der Waals surface area contributed by atoms with Crippen LogP contribution in [0.25, 0.3) is 11.4 Å². The fourth-order valence-corrected chi connectivity index (χ4v) is 4.67. The summed E-state index contributed by atoms with van der Waals surface area (Å²) in [5.41, 5.74) is 1.01. The fourth-order valence-electron chi connectivity index (χ4n) is 2.95. The van der Waals surface area contributed by atoms with Crippen molar-refractivity contribution in [2.45, 2.75) is 28.9 Å². The van der Waals surface area contributed by atoms with Crippen LogP contribution in [0.2, 0.25) is 0 Å². The van der Waals surface area contributed by atoms with Crippen LogP contribution >= 0.6 is 11.8 Å². The van der Waals surface area contributed by atoms with E-state index >= 15 is 0 Å². The third kappa shape index (κ3) is 4.50. The molecule has 0 amide bonds. The first-order valence-electron chi connectivity index (χ1n) is 9.60. The average Bonchev–Trinajstić information content (AvgIpc) is 3.51. The summed E-state index contributed by atoms with van der Waals surface area (Å²) in [6, 6.07) is 10.8. The van der Waals surface area contributed by atoms with Crippen molar-refractivity contribution in [3.05, 3.63) is 48.8 Å². The van der Waals surface area contributed by atoms with Crippen LogP contribution < -0.4 is 4.74 Å². The summed E-state index contributed by atoms with van der Waals surface area (Å²) in [7, 11) is -0.408. The van der Waals surface area contributed by atoms with Crippen molar-refractivity contribution in [1.82, 2.24) is 24.1 Å². The Bertz CT molecular complexity index is 1100. The SMILES string of the molecule is CN(C)S(=O)(=O)c1ccc(OCCSc2nnc(-c3ccncc3)n2C2CC2)cc1. The Balaban J connectivity index is 1.36. The molecule has 2 aromatic heterocycles. The van der Waals surface area contributed by atoms with Gasteiger partial charge in [-0.3, -0.25) is 9.55 Å². The van der Waals surface area contributed by atoms with Crippen LogP contribution in [0.3, 0.4) is 0 Å². The molecule has 10 heteroatoms. The van der Waals surface area contributed by atoms with Crippen molar-refractivity contribution < 1.29 is 13.2 Å². The minimum atomic E-state index is -3.43. The summed E-state index contributed by atoms with van der Waals surface area (Å²) < 4.78 is 33.4. The van der Waals surface area contributed by atoms with Gasteiger partial charge < -0.3 is 4.74 Å². The van der Waals surface area contributed by atoms with Crippen molar-refractivity contribution in [3.8, 4) is 17.1 Å². The van der Waals surface area contributed by atoms with E-state index in [0.717, 1.165) is 29.4 Å². The highest BCUT2D eigenvalue weighted by atomic mass is 32.2. The second-order valence-electron chi connectivity index (χ2n) is 7.10. The topological polar surface area (TPSA) is 90.2 Å². The molecule has 1 aliphatic rings. The van der Waals surface area contributed by atoms with Crippen LogP contribution in [-0.2, 0) is 10.0 Å². The molecule has 1 saturated carbocycles. The molecule has 2 heterocycles. The van der Waals surface area contributed by atoms with E-state index in [4.69, 9.17) is 4.74 Å². The minimum absolute atomic E-state index is 0.246. The van der Waals surface area contributed by atoms with Crippen LogP contribution in [0.5, 0.6) is 5.75 Å². The minimum Gasteiger partial charge on any atom is -0.493 e. The Kier molecular flexibility index (Phi) is 6.07. The molecule has 0 spiro atoms. The van der Waals surface area contributed by atoms with E-state index in [9.17, 15) is 8.42 Å². The number of nitrogens with zero attached hydrogens (tertiary/aromatic N) is 5. The number of hydrogen-bond donors (Lipinski definition) is 0. The molecule has 0 bridgehead atoms. The van der Waals surface area contributed by atoms with Gasteiger partial charge in [-0.1, -0.05) is 11.8 Å². The van der Waals surface area contributed by atoms with E-state index < -0.39 is 10.0 Å². The van der Waals surface area contributed by atoms with Crippen LogP contribution in [-0.4, -0.2) is 58.9 Å².